The van der Waals surface area contributed by atoms with Gasteiger partial charge in [0.2, 0.25) is 5.91 Å². The number of piperazine rings is 1. The highest BCUT2D eigenvalue weighted by molar-refractivity contribution is 5.84. The van der Waals surface area contributed by atoms with Crippen molar-refractivity contribution in [2.45, 2.75) is 25.0 Å². The maximum absolute atomic E-state index is 11.6. The minimum Gasteiger partial charge on any atom is -0.392 e. The van der Waals surface area contributed by atoms with Gasteiger partial charge in [-0.3, -0.25) is 9.69 Å². The number of primary amides is 1. The number of aliphatic hydroxyl groups excluding tert-OH is 1. The molecule has 0 aromatic heterocycles. The molecule has 2 aliphatic rings. The topological polar surface area (TPSA) is 69.8 Å². The van der Waals surface area contributed by atoms with Gasteiger partial charge in [-0.05, 0) is 30.2 Å². The van der Waals surface area contributed by atoms with Crippen LogP contribution in [-0.2, 0) is 17.8 Å². The Labute approximate surface area is 125 Å². The Hall–Kier alpha value is -1.43. The molecule has 1 aromatic rings. The second-order valence-corrected chi connectivity index (χ2v) is 6.26. The molecular weight excluding hydrogens is 266 g/mol. The zero-order valence-corrected chi connectivity index (χ0v) is 12.5. The van der Waals surface area contributed by atoms with Gasteiger partial charge in [0, 0.05) is 32.7 Å². The lowest BCUT2D eigenvalue weighted by Crippen LogP contribution is -2.43. The number of amides is 1. The molecule has 0 bridgehead atoms. The molecule has 0 spiro atoms. The summed E-state index contributed by atoms with van der Waals surface area (Å²) < 4.78 is 0. The van der Waals surface area contributed by atoms with Gasteiger partial charge in [-0.1, -0.05) is 18.2 Å². The van der Waals surface area contributed by atoms with E-state index in [1.807, 2.05) is 6.07 Å². The molecule has 0 saturated carbocycles. The Balaban J connectivity index is 1.75. The number of hydrogen-bond donors (Lipinski definition) is 2. The fourth-order valence-corrected chi connectivity index (χ4v) is 3.38. The van der Waals surface area contributed by atoms with Crippen molar-refractivity contribution >= 4 is 5.91 Å². The number of hydrogen-bond acceptors (Lipinski definition) is 4. The van der Waals surface area contributed by atoms with Crippen LogP contribution in [0.5, 0.6) is 0 Å². The summed E-state index contributed by atoms with van der Waals surface area (Å²) in [6.07, 6.45) is -0.144. The summed E-state index contributed by atoms with van der Waals surface area (Å²) in [6.45, 7) is 5.20. The number of benzene rings is 1. The number of rotatable bonds is 3. The Bertz CT molecular complexity index is 538. The summed E-state index contributed by atoms with van der Waals surface area (Å²) in [5.74, 6) is -0.981. The summed E-state index contributed by atoms with van der Waals surface area (Å²) in [5, 5.41) is 10.0. The van der Waals surface area contributed by atoms with Gasteiger partial charge < -0.3 is 15.7 Å². The number of carbonyl (C=O) groups is 1. The maximum Gasteiger partial charge on any atom is 0.227 e. The second-order valence-electron chi connectivity index (χ2n) is 6.26. The van der Waals surface area contributed by atoms with Crippen LogP contribution in [-0.4, -0.2) is 60.1 Å². The Morgan fingerprint density at radius 2 is 2.05 bits per heavy atom. The molecule has 3 N–H and O–H groups in total. The van der Waals surface area contributed by atoms with Gasteiger partial charge in [-0.2, -0.15) is 0 Å². The molecule has 0 radical (unpaired) electrons. The van der Waals surface area contributed by atoms with Crippen LogP contribution in [0.3, 0.4) is 0 Å². The quantitative estimate of drug-likeness (QED) is 0.816. The van der Waals surface area contributed by atoms with Crippen molar-refractivity contribution in [3.63, 3.8) is 0 Å². The van der Waals surface area contributed by atoms with Crippen LogP contribution in [0.15, 0.2) is 18.2 Å². The Morgan fingerprint density at radius 1 is 1.33 bits per heavy atom. The third-order valence-corrected chi connectivity index (χ3v) is 4.67. The summed E-state index contributed by atoms with van der Waals surface area (Å²) in [4.78, 5) is 16.3. The first kappa shape index (κ1) is 14.5. The molecule has 1 amide bonds. The molecule has 0 unspecified atom stereocenters. The van der Waals surface area contributed by atoms with Gasteiger partial charge in [-0.15, -0.1) is 0 Å². The predicted molar refractivity (Wildman–Crippen MR) is 80.9 cm³/mol. The Morgan fingerprint density at radius 3 is 2.71 bits per heavy atom. The molecule has 1 fully saturated rings. The molecular formula is C16H23N3O2. The molecule has 5 heteroatoms. The largest absolute Gasteiger partial charge is 0.392 e. The van der Waals surface area contributed by atoms with Gasteiger partial charge in [0.1, 0.15) is 0 Å². The SMILES string of the molecule is CN1CCN(Cc2ccc3c(c2)[C@@H](C(N)=O)[C@H](O)C3)CC1. The highest BCUT2D eigenvalue weighted by atomic mass is 16.3. The standard InChI is InChI=1S/C16H23N3O2/c1-18-4-6-19(7-5-18)10-11-2-3-12-9-14(20)15(16(17)21)13(12)8-11/h2-3,8,14-15,20H,4-7,9-10H2,1H3,(H2,17,21)/t14-,15-/m1/s1. The molecule has 21 heavy (non-hydrogen) atoms. The number of likely N-dealkylation sites (N-methyl/N-ethyl adjacent to an activating group) is 1. The second kappa shape index (κ2) is 5.75. The normalized spacial score (nSPS) is 26.8. The monoisotopic (exact) mass is 289 g/mol. The number of fused-ring (bicyclic) bond motifs is 1. The van der Waals surface area contributed by atoms with E-state index < -0.39 is 17.9 Å². The van der Waals surface area contributed by atoms with Crippen LogP contribution >= 0.6 is 0 Å². The van der Waals surface area contributed by atoms with Crippen LogP contribution in [0.1, 0.15) is 22.6 Å². The van der Waals surface area contributed by atoms with E-state index in [4.69, 9.17) is 5.73 Å². The van der Waals surface area contributed by atoms with Crippen LogP contribution in [0.25, 0.3) is 0 Å². The number of nitrogens with two attached hydrogens (primary N) is 1. The van der Waals surface area contributed by atoms with E-state index in [2.05, 4.69) is 29.0 Å². The molecule has 5 nitrogen and oxygen atoms in total. The zero-order chi connectivity index (χ0) is 15.0. The summed E-state index contributed by atoms with van der Waals surface area (Å²) in [6, 6.07) is 6.19. The summed E-state index contributed by atoms with van der Waals surface area (Å²) >= 11 is 0. The fourth-order valence-electron chi connectivity index (χ4n) is 3.38. The van der Waals surface area contributed by atoms with Crippen molar-refractivity contribution < 1.29 is 9.90 Å². The van der Waals surface area contributed by atoms with Crippen molar-refractivity contribution in [3.8, 4) is 0 Å². The Kier molecular flexibility index (Phi) is 3.97. The highest BCUT2D eigenvalue weighted by Crippen LogP contribution is 2.34. The lowest BCUT2D eigenvalue weighted by molar-refractivity contribution is -0.121. The van der Waals surface area contributed by atoms with Crippen molar-refractivity contribution in [1.82, 2.24) is 9.80 Å². The zero-order valence-electron chi connectivity index (χ0n) is 12.5. The molecule has 3 rings (SSSR count). The van der Waals surface area contributed by atoms with Gasteiger partial charge in [0.25, 0.3) is 0 Å². The van der Waals surface area contributed by atoms with E-state index in [1.54, 1.807) is 0 Å². The molecule has 1 heterocycles. The molecule has 1 aliphatic carbocycles. The van der Waals surface area contributed by atoms with E-state index in [-0.39, 0.29) is 0 Å². The average Bonchev–Trinajstić information content (AvgIpc) is 2.76. The first-order valence-electron chi connectivity index (χ1n) is 7.54. The molecule has 1 aromatic carbocycles. The third-order valence-electron chi connectivity index (χ3n) is 4.67. The van der Waals surface area contributed by atoms with Crippen LogP contribution < -0.4 is 5.73 Å². The number of carbonyl (C=O) groups excluding carboxylic acids is 1. The van der Waals surface area contributed by atoms with E-state index in [1.165, 1.54) is 5.56 Å². The van der Waals surface area contributed by atoms with E-state index >= 15 is 0 Å². The van der Waals surface area contributed by atoms with Crippen molar-refractivity contribution in [2.75, 3.05) is 33.2 Å². The molecule has 1 aliphatic heterocycles. The van der Waals surface area contributed by atoms with Crippen LogP contribution in [0.2, 0.25) is 0 Å². The minimum absolute atomic E-state index is 0.432. The molecule has 1 saturated heterocycles. The van der Waals surface area contributed by atoms with E-state index in [9.17, 15) is 9.90 Å². The number of aliphatic hydroxyl groups is 1. The van der Waals surface area contributed by atoms with Gasteiger partial charge in [0.05, 0.1) is 12.0 Å². The van der Waals surface area contributed by atoms with Crippen molar-refractivity contribution in [1.29, 1.82) is 0 Å². The molecule has 2 atom stereocenters. The van der Waals surface area contributed by atoms with Crippen LogP contribution in [0, 0.1) is 0 Å². The number of nitrogens with zero attached hydrogens (tertiary/aromatic N) is 2. The van der Waals surface area contributed by atoms with Crippen molar-refractivity contribution in [3.05, 3.63) is 34.9 Å². The average molecular weight is 289 g/mol. The summed E-state index contributed by atoms with van der Waals surface area (Å²) in [7, 11) is 2.14. The van der Waals surface area contributed by atoms with Gasteiger partial charge in [0.15, 0.2) is 0 Å². The summed E-state index contributed by atoms with van der Waals surface area (Å²) in [5.41, 5.74) is 8.60. The van der Waals surface area contributed by atoms with E-state index in [0.717, 1.165) is 43.9 Å². The van der Waals surface area contributed by atoms with E-state index in [0.29, 0.717) is 6.42 Å². The fraction of sp³-hybridized carbons (Fsp3) is 0.562. The maximum atomic E-state index is 11.6. The predicted octanol–water partition coefficient (Wildman–Crippen LogP) is -0.0801. The first-order valence-corrected chi connectivity index (χ1v) is 7.54. The van der Waals surface area contributed by atoms with Crippen LogP contribution in [0.4, 0.5) is 0 Å². The first-order chi connectivity index (χ1) is 10.0. The third kappa shape index (κ3) is 2.95. The van der Waals surface area contributed by atoms with Crippen molar-refractivity contribution in [2.24, 2.45) is 5.73 Å². The molecule has 114 valence electrons. The minimum atomic E-state index is -0.670. The highest BCUT2D eigenvalue weighted by Gasteiger charge is 2.35. The van der Waals surface area contributed by atoms with Gasteiger partial charge in [-0.25, -0.2) is 0 Å². The lowest BCUT2D eigenvalue weighted by Gasteiger charge is -2.32. The lowest BCUT2D eigenvalue weighted by atomic mass is 9.97. The van der Waals surface area contributed by atoms with Gasteiger partial charge >= 0.3 is 0 Å². The smallest absolute Gasteiger partial charge is 0.227 e.